The molecule has 1 spiro atoms. The average Bonchev–Trinajstić information content (AvgIpc) is 3.00. The van der Waals surface area contributed by atoms with Crippen LogP contribution in [0.4, 0.5) is 4.79 Å². The highest BCUT2D eigenvalue weighted by atomic mass is 16.5. The quantitative estimate of drug-likeness (QED) is 0.548. The fourth-order valence-corrected chi connectivity index (χ4v) is 4.67. The number of carbonyl (C=O) groups is 3. The van der Waals surface area contributed by atoms with Gasteiger partial charge in [0.25, 0.3) is 5.91 Å². The number of hydrogen-bond acceptors (Lipinski definition) is 5. The zero-order chi connectivity index (χ0) is 24.2. The highest BCUT2D eigenvalue weighted by Gasteiger charge is 2.52. The Morgan fingerprint density at radius 1 is 1.15 bits per heavy atom. The lowest BCUT2D eigenvalue weighted by Gasteiger charge is -2.33. The molecule has 1 aromatic rings. The number of ether oxygens (including phenoxy) is 2. The monoisotopic (exact) mass is 459 g/mol. The Hall–Kier alpha value is -2.77. The first-order valence-electron chi connectivity index (χ1n) is 12.0. The van der Waals surface area contributed by atoms with Gasteiger partial charge in [-0.1, -0.05) is 26.8 Å². The molecule has 8 heteroatoms. The number of imide groups is 1. The molecule has 182 valence electrons. The van der Waals surface area contributed by atoms with E-state index in [1.54, 1.807) is 0 Å². The van der Waals surface area contributed by atoms with Crippen molar-refractivity contribution in [3.8, 4) is 11.5 Å². The molecule has 8 nitrogen and oxygen atoms in total. The summed E-state index contributed by atoms with van der Waals surface area (Å²) in [5.74, 6) is 1.25. The molecule has 4 amide bonds. The molecule has 1 atom stereocenters. The zero-order valence-corrected chi connectivity index (χ0v) is 20.4. The molecule has 0 radical (unpaired) electrons. The zero-order valence-electron chi connectivity index (χ0n) is 20.4. The summed E-state index contributed by atoms with van der Waals surface area (Å²) in [6.45, 7) is 10.7. The molecule has 3 rings (SSSR count). The molecular formula is C25H37N3O5. The second-order valence-corrected chi connectivity index (χ2v) is 9.45. The van der Waals surface area contributed by atoms with Crippen LogP contribution in [0.15, 0.2) is 18.2 Å². The van der Waals surface area contributed by atoms with Crippen LogP contribution in [0.3, 0.4) is 0 Å². The number of urea groups is 1. The van der Waals surface area contributed by atoms with E-state index in [2.05, 4.69) is 17.6 Å². The van der Waals surface area contributed by atoms with Gasteiger partial charge in [0, 0.05) is 0 Å². The summed E-state index contributed by atoms with van der Waals surface area (Å²) >= 11 is 0. The molecule has 1 heterocycles. The van der Waals surface area contributed by atoms with E-state index in [1.165, 1.54) is 0 Å². The summed E-state index contributed by atoms with van der Waals surface area (Å²) in [6, 6.07) is 4.84. The molecule has 2 N–H and O–H groups in total. The number of rotatable bonds is 9. The van der Waals surface area contributed by atoms with E-state index in [1.807, 2.05) is 45.9 Å². The van der Waals surface area contributed by atoms with E-state index in [9.17, 15) is 14.4 Å². The van der Waals surface area contributed by atoms with E-state index in [0.29, 0.717) is 43.5 Å². The van der Waals surface area contributed by atoms with Gasteiger partial charge in [-0.05, 0) is 69.1 Å². The highest BCUT2D eigenvalue weighted by molar-refractivity contribution is 6.09. The van der Waals surface area contributed by atoms with Crippen LogP contribution in [0.1, 0.15) is 71.9 Å². The van der Waals surface area contributed by atoms with Gasteiger partial charge in [-0.2, -0.15) is 0 Å². The first-order valence-corrected chi connectivity index (χ1v) is 12.0. The number of nitrogens with one attached hydrogen (secondary N) is 2. The summed E-state index contributed by atoms with van der Waals surface area (Å²) < 4.78 is 11.4. The molecule has 1 aliphatic heterocycles. The van der Waals surface area contributed by atoms with Gasteiger partial charge in [-0.15, -0.1) is 0 Å². The topological polar surface area (TPSA) is 97.0 Å². The third kappa shape index (κ3) is 5.42. The molecule has 1 saturated heterocycles. The number of amides is 4. The van der Waals surface area contributed by atoms with Crippen molar-refractivity contribution in [3.05, 3.63) is 23.8 Å². The van der Waals surface area contributed by atoms with Crippen LogP contribution in [0.25, 0.3) is 0 Å². The van der Waals surface area contributed by atoms with E-state index in [0.717, 1.165) is 23.3 Å². The molecule has 1 unspecified atom stereocenters. The van der Waals surface area contributed by atoms with Gasteiger partial charge < -0.3 is 20.1 Å². The number of nitrogens with zero attached hydrogens (tertiary/aromatic N) is 1. The predicted octanol–water partition coefficient (Wildman–Crippen LogP) is 3.80. The van der Waals surface area contributed by atoms with Crippen LogP contribution in [0.2, 0.25) is 0 Å². The van der Waals surface area contributed by atoms with Crippen molar-refractivity contribution in [2.45, 2.75) is 71.9 Å². The van der Waals surface area contributed by atoms with Crippen LogP contribution < -0.4 is 20.1 Å². The Morgan fingerprint density at radius 3 is 2.39 bits per heavy atom. The van der Waals surface area contributed by atoms with Gasteiger partial charge in [0.1, 0.15) is 12.1 Å². The molecule has 1 saturated carbocycles. The van der Waals surface area contributed by atoms with Crippen LogP contribution >= 0.6 is 0 Å². The number of carbonyl (C=O) groups excluding carboxylic acids is 3. The molecule has 2 aliphatic rings. The SMILES string of the molecule is CCOc1ccc(C(NC(=O)CN2C(=O)NC3(CCC(C)CC3)C2=O)C(C)C)cc1OCC. The predicted molar refractivity (Wildman–Crippen MR) is 125 cm³/mol. The van der Waals surface area contributed by atoms with Crippen LogP contribution in [-0.4, -0.2) is 48.0 Å². The minimum absolute atomic E-state index is 0.0793. The minimum atomic E-state index is -0.844. The summed E-state index contributed by atoms with van der Waals surface area (Å²) in [7, 11) is 0. The van der Waals surface area contributed by atoms with Gasteiger partial charge >= 0.3 is 6.03 Å². The van der Waals surface area contributed by atoms with E-state index in [4.69, 9.17) is 9.47 Å². The first-order chi connectivity index (χ1) is 15.7. The summed E-state index contributed by atoms with van der Waals surface area (Å²) in [4.78, 5) is 39.6. The summed E-state index contributed by atoms with van der Waals surface area (Å²) in [6.07, 6.45) is 3.03. The Labute approximate surface area is 196 Å². The standard InChI is InChI=1S/C25H37N3O5/c1-6-32-19-9-8-18(14-20(19)33-7-2)22(16(3)4)26-21(29)15-28-23(30)25(27-24(28)31)12-10-17(5)11-13-25/h8-9,14,16-17,22H,6-7,10-13,15H2,1-5H3,(H,26,29)(H,27,31). The van der Waals surface area contributed by atoms with Gasteiger partial charge in [0.2, 0.25) is 5.91 Å². The lowest BCUT2D eigenvalue weighted by atomic mass is 9.77. The van der Waals surface area contributed by atoms with Gasteiger partial charge in [0.05, 0.1) is 19.3 Å². The van der Waals surface area contributed by atoms with Crippen molar-refractivity contribution in [2.24, 2.45) is 11.8 Å². The fraction of sp³-hybridized carbons (Fsp3) is 0.640. The lowest BCUT2D eigenvalue weighted by molar-refractivity contribution is -0.136. The maximum Gasteiger partial charge on any atom is 0.325 e. The fourth-order valence-electron chi connectivity index (χ4n) is 4.67. The van der Waals surface area contributed by atoms with Gasteiger partial charge in [0.15, 0.2) is 11.5 Å². The third-order valence-corrected chi connectivity index (χ3v) is 6.59. The summed E-state index contributed by atoms with van der Waals surface area (Å²) in [5.41, 5.74) is 0.0308. The molecule has 1 aliphatic carbocycles. The lowest BCUT2D eigenvalue weighted by Crippen LogP contribution is -2.50. The Bertz CT molecular complexity index is 877. The van der Waals surface area contributed by atoms with Crippen molar-refractivity contribution < 1.29 is 23.9 Å². The van der Waals surface area contributed by atoms with Crippen molar-refractivity contribution in [3.63, 3.8) is 0 Å². The van der Waals surface area contributed by atoms with Crippen LogP contribution in [-0.2, 0) is 9.59 Å². The Kier molecular flexibility index (Phi) is 7.87. The number of hydrogen-bond donors (Lipinski definition) is 2. The normalized spacial score (nSPS) is 23.6. The number of benzene rings is 1. The molecule has 0 aromatic heterocycles. The van der Waals surface area contributed by atoms with Crippen LogP contribution in [0, 0.1) is 11.8 Å². The van der Waals surface area contributed by atoms with E-state index < -0.39 is 11.6 Å². The maximum absolute atomic E-state index is 13.1. The second kappa shape index (κ2) is 10.4. The van der Waals surface area contributed by atoms with Crippen molar-refractivity contribution >= 4 is 17.8 Å². The Balaban J connectivity index is 1.72. The molecule has 2 fully saturated rings. The van der Waals surface area contributed by atoms with Crippen molar-refractivity contribution in [1.82, 2.24) is 15.5 Å². The molecule has 33 heavy (non-hydrogen) atoms. The van der Waals surface area contributed by atoms with Crippen molar-refractivity contribution in [2.75, 3.05) is 19.8 Å². The molecular weight excluding hydrogens is 422 g/mol. The smallest absolute Gasteiger partial charge is 0.325 e. The first kappa shape index (κ1) is 24.9. The molecule has 1 aromatic carbocycles. The van der Waals surface area contributed by atoms with Crippen LogP contribution in [0.5, 0.6) is 11.5 Å². The minimum Gasteiger partial charge on any atom is -0.490 e. The second-order valence-electron chi connectivity index (χ2n) is 9.45. The Morgan fingerprint density at radius 2 is 1.79 bits per heavy atom. The highest BCUT2D eigenvalue weighted by Crippen LogP contribution is 2.36. The third-order valence-electron chi connectivity index (χ3n) is 6.59. The average molecular weight is 460 g/mol. The van der Waals surface area contributed by atoms with Crippen molar-refractivity contribution in [1.29, 1.82) is 0 Å². The maximum atomic E-state index is 13.1. The van der Waals surface area contributed by atoms with Gasteiger partial charge in [-0.3, -0.25) is 14.5 Å². The van der Waals surface area contributed by atoms with E-state index >= 15 is 0 Å². The summed E-state index contributed by atoms with van der Waals surface area (Å²) in [5, 5.41) is 5.88. The van der Waals surface area contributed by atoms with Gasteiger partial charge in [-0.25, -0.2) is 4.79 Å². The largest absolute Gasteiger partial charge is 0.490 e. The van der Waals surface area contributed by atoms with E-state index in [-0.39, 0.29) is 30.3 Å². The molecule has 0 bridgehead atoms.